The number of nitrogens with one attached hydrogen (secondary N) is 3. The van der Waals surface area contributed by atoms with E-state index in [0.29, 0.717) is 17.2 Å². The number of ether oxygens (including phenoxy) is 1. The van der Waals surface area contributed by atoms with E-state index < -0.39 is 28.7 Å². The number of amides is 3. The predicted molar refractivity (Wildman–Crippen MR) is 133 cm³/mol. The van der Waals surface area contributed by atoms with Gasteiger partial charge in [-0.1, -0.05) is 11.6 Å². The number of aromatic nitrogens is 1. The van der Waals surface area contributed by atoms with Gasteiger partial charge in [0.1, 0.15) is 17.2 Å². The van der Waals surface area contributed by atoms with Crippen LogP contribution in [0, 0.1) is 0 Å². The Balaban J connectivity index is 1.33. The van der Waals surface area contributed by atoms with Crippen LogP contribution >= 0.6 is 11.6 Å². The number of hydrazone groups is 1. The predicted octanol–water partition coefficient (Wildman–Crippen LogP) is 6.85. The molecular formula is C25H21ClF3N5O3. The lowest BCUT2D eigenvalue weighted by atomic mass is 10.2. The first-order chi connectivity index (χ1) is 17.7. The molecule has 0 unspecified atom stereocenters. The van der Waals surface area contributed by atoms with E-state index in [1.54, 1.807) is 30.3 Å². The Bertz CT molecular complexity index is 1320. The summed E-state index contributed by atoms with van der Waals surface area (Å²) in [4.78, 5) is 28.6. The van der Waals surface area contributed by atoms with Crippen molar-refractivity contribution in [3.63, 3.8) is 0 Å². The largest absolute Gasteiger partial charge is 0.457 e. The van der Waals surface area contributed by atoms with Gasteiger partial charge in [0.2, 0.25) is 0 Å². The summed E-state index contributed by atoms with van der Waals surface area (Å²) in [6.07, 6.45) is 0.687. The molecule has 3 aromatic rings. The van der Waals surface area contributed by atoms with Crippen LogP contribution in [0.1, 0.15) is 41.7 Å². The molecule has 12 heteroatoms. The average Bonchev–Trinajstić information content (AvgIpc) is 3.38. The number of urea groups is 1. The normalized spacial score (nSPS) is 13.1. The molecule has 0 aliphatic heterocycles. The summed E-state index contributed by atoms with van der Waals surface area (Å²) in [6, 6.07) is 11.6. The summed E-state index contributed by atoms with van der Waals surface area (Å²) >= 11 is 5.59. The van der Waals surface area contributed by atoms with E-state index in [4.69, 9.17) is 16.3 Å². The van der Waals surface area contributed by atoms with Crippen molar-refractivity contribution in [3.8, 4) is 11.5 Å². The topological polar surface area (TPSA) is 105 Å². The third-order valence-electron chi connectivity index (χ3n) is 5.34. The number of benzene rings is 2. The number of alkyl halides is 3. The van der Waals surface area contributed by atoms with Crippen LogP contribution in [0.25, 0.3) is 0 Å². The van der Waals surface area contributed by atoms with Gasteiger partial charge in [-0.05, 0) is 74.2 Å². The number of pyridine rings is 1. The molecule has 2 aromatic carbocycles. The summed E-state index contributed by atoms with van der Waals surface area (Å²) in [5.41, 5.74) is 2.87. The van der Waals surface area contributed by atoms with Crippen LogP contribution in [-0.4, -0.2) is 22.6 Å². The van der Waals surface area contributed by atoms with Crippen molar-refractivity contribution in [3.05, 3.63) is 77.1 Å². The third-order valence-corrected chi connectivity index (χ3v) is 5.67. The van der Waals surface area contributed by atoms with Crippen LogP contribution in [0.5, 0.6) is 11.5 Å². The maximum atomic E-state index is 13.0. The monoisotopic (exact) mass is 531 g/mol. The summed E-state index contributed by atoms with van der Waals surface area (Å²) in [5.74, 6) is 0.344. The van der Waals surface area contributed by atoms with Crippen LogP contribution in [0.3, 0.4) is 0 Å². The molecule has 4 rings (SSSR count). The van der Waals surface area contributed by atoms with Gasteiger partial charge >= 0.3 is 12.2 Å². The van der Waals surface area contributed by atoms with Crippen LogP contribution in [0.2, 0.25) is 5.02 Å². The SMILES string of the molecule is O=C(Nc1ccc(Oc2ccnc(C(=O)NN=C3CCCC3)c2)cc1)Nc1ccc(Cl)c(C(F)(F)F)c1. The Hall–Kier alpha value is -4.12. The highest BCUT2D eigenvalue weighted by Crippen LogP contribution is 2.36. The van der Waals surface area contributed by atoms with Gasteiger partial charge in [-0.2, -0.15) is 18.3 Å². The number of halogens is 4. The Kier molecular flexibility index (Phi) is 7.92. The van der Waals surface area contributed by atoms with Crippen LogP contribution in [0.4, 0.5) is 29.3 Å². The molecule has 0 bridgehead atoms. The lowest BCUT2D eigenvalue weighted by Crippen LogP contribution is -2.20. The average molecular weight is 532 g/mol. The van der Waals surface area contributed by atoms with E-state index >= 15 is 0 Å². The van der Waals surface area contributed by atoms with Crippen molar-refractivity contribution < 1.29 is 27.5 Å². The zero-order chi connectivity index (χ0) is 26.4. The molecule has 1 fully saturated rings. The molecule has 1 aliphatic rings. The molecule has 0 atom stereocenters. The molecule has 0 saturated heterocycles. The molecular weight excluding hydrogens is 511 g/mol. The Morgan fingerprint density at radius 3 is 2.30 bits per heavy atom. The molecule has 192 valence electrons. The Morgan fingerprint density at radius 1 is 0.919 bits per heavy atom. The smallest absolute Gasteiger partial charge is 0.417 e. The van der Waals surface area contributed by atoms with Gasteiger partial charge < -0.3 is 15.4 Å². The highest BCUT2D eigenvalue weighted by molar-refractivity contribution is 6.31. The molecule has 0 radical (unpaired) electrons. The summed E-state index contributed by atoms with van der Waals surface area (Å²) in [6.45, 7) is 0. The highest BCUT2D eigenvalue weighted by Gasteiger charge is 2.33. The summed E-state index contributed by atoms with van der Waals surface area (Å²) in [7, 11) is 0. The van der Waals surface area contributed by atoms with E-state index in [1.165, 1.54) is 18.3 Å². The number of rotatable bonds is 6. The van der Waals surface area contributed by atoms with Gasteiger partial charge in [0, 0.05) is 29.3 Å². The van der Waals surface area contributed by atoms with Gasteiger partial charge in [0.15, 0.2) is 0 Å². The van der Waals surface area contributed by atoms with E-state index in [1.807, 2.05) is 0 Å². The molecule has 1 aromatic heterocycles. The Labute approximate surface area is 214 Å². The lowest BCUT2D eigenvalue weighted by Gasteiger charge is -2.12. The van der Waals surface area contributed by atoms with Crippen molar-refractivity contribution in [2.45, 2.75) is 31.9 Å². The minimum Gasteiger partial charge on any atom is -0.457 e. The van der Waals surface area contributed by atoms with Gasteiger partial charge in [-0.15, -0.1) is 0 Å². The van der Waals surface area contributed by atoms with Gasteiger partial charge in [-0.3, -0.25) is 9.78 Å². The Morgan fingerprint density at radius 2 is 1.59 bits per heavy atom. The highest BCUT2D eigenvalue weighted by atomic mass is 35.5. The first-order valence-electron chi connectivity index (χ1n) is 11.2. The minimum atomic E-state index is -4.65. The van der Waals surface area contributed by atoms with Gasteiger partial charge in [-0.25, -0.2) is 10.2 Å². The fourth-order valence-corrected chi connectivity index (χ4v) is 3.76. The van der Waals surface area contributed by atoms with E-state index in [0.717, 1.165) is 43.5 Å². The second-order valence-electron chi connectivity index (χ2n) is 8.10. The first-order valence-corrected chi connectivity index (χ1v) is 11.6. The molecule has 1 aliphatic carbocycles. The number of hydrogen-bond donors (Lipinski definition) is 3. The van der Waals surface area contributed by atoms with E-state index in [-0.39, 0.29) is 11.4 Å². The van der Waals surface area contributed by atoms with Gasteiger partial charge in [0.05, 0.1) is 10.6 Å². The van der Waals surface area contributed by atoms with Gasteiger partial charge in [0.25, 0.3) is 5.91 Å². The van der Waals surface area contributed by atoms with Crippen molar-refractivity contribution in [2.24, 2.45) is 5.10 Å². The zero-order valence-electron chi connectivity index (χ0n) is 19.2. The molecule has 8 nitrogen and oxygen atoms in total. The standard InChI is InChI=1S/C25H21ClF3N5O3/c26-21-10-7-17(13-20(21)25(27,28)29)32-24(36)31-15-5-8-18(9-6-15)37-19-11-12-30-22(14-19)23(35)34-33-16-3-1-2-4-16/h5-14H,1-4H2,(H,34,35)(H2,31,32,36). The number of hydrogen-bond acceptors (Lipinski definition) is 5. The molecule has 37 heavy (non-hydrogen) atoms. The zero-order valence-corrected chi connectivity index (χ0v) is 20.0. The van der Waals surface area contributed by atoms with Crippen LogP contribution < -0.4 is 20.8 Å². The summed E-state index contributed by atoms with van der Waals surface area (Å²) in [5, 5.41) is 8.52. The van der Waals surface area contributed by atoms with Crippen LogP contribution in [0.15, 0.2) is 65.9 Å². The number of nitrogens with zero attached hydrogens (tertiary/aromatic N) is 2. The summed E-state index contributed by atoms with van der Waals surface area (Å²) < 4.78 is 44.8. The second kappa shape index (κ2) is 11.3. The fourth-order valence-electron chi connectivity index (χ4n) is 3.54. The number of carbonyl (C=O) groups is 2. The van der Waals surface area contributed by atoms with Crippen molar-refractivity contribution in [1.29, 1.82) is 0 Å². The molecule has 3 N–H and O–H groups in total. The molecule has 1 saturated carbocycles. The maximum Gasteiger partial charge on any atom is 0.417 e. The number of anilines is 2. The molecule has 3 amide bonds. The maximum absolute atomic E-state index is 13.0. The van der Waals surface area contributed by atoms with E-state index in [9.17, 15) is 22.8 Å². The minimum absolute atomic E-state index is 0.0682. The molecule has 0 spiro atoms. The fraction of sp³-hybridized carbons (Fsp3) is 0.200. The third kappa shape index (κ3) is 7.20. The van der Waals surface area contributed by atoms with Crippen molar-refractivity contribution in [2.75, 3.05) is 10.6 Å². The van der Waals surface area contributed by atoms with Crippen molar-refractivity contribution >= 4 is 40.6 Å². The first kappa shape index (κ1) is 26.0. The quantitative estimate of drug-likeness (QED) is 0.302. The molecule has 1 heterocycles. The lowest BCUT2D eigenvalue weighted by molar-refractivity contribution is -0.137. The number of carbonyl (C=O) groups excluding carboxylic acids is 2. The van der Waals surface area contributed by atoms with Crippen LogP contribution in [-0.2, 0) is 6.18 Å². The van der Waals surface area contributed by atoms with Crippen molar-refractivity contribution in [1.82, 2.24) is 10.4 Å². The van der Waals surface area contributed by atoms with E-state index in [2.05, 4.69) is 26.1 Å². The second-order valence-corrected chi connectivity index (χ2v) is 8.51.